The third-order valence-electron chi connectivity index (χ3n) is 2.87. The molecule has 8 heteroatoms. The van der Waals surface area contributed by atoms with Gasteiger partial charge in [0.15, 0.2) is 11.5 Å². The fourth-order valence-corrected chi connectivity index (χ4v) is 2.36. The minimum absolute atomic E-state index is 0.233. The standard InChI is InChI=1S/C13H13N5O2S/c1-21(19,20)13-16-11(12-14-7-8-18(12)17-13)15-9-10-5-3-2-4-6-10/h2-8H,9H2,1H3,(H,15,16,17). The van der Waals surface area contributed by atoms with Crippen LogP contribution in [-0.4, -0.2) is 34.3 Å². The van der Waals surface area contributed by atoms with Crippen LogP contribution in [0.4, 0.5) is 5.82 Å². The normalized spacial score (nSPS) is 11.7. The summed E-state index contributed by atoms with van der Waals surface area (Å²) in [6.07, 6.45) is 4.20. The summed E-state index contributed by atoms with van der Waals surface area (Å²) >= 11 is 0. The molecular formula is C13H13N5O2S. The Bertz CT molecular complexity index is 874. The van der Waals surface area contributed by atoms with Crippen molar-refractivity contribution in [3.05, 3.63) is 48.3 Å². The van der Waals surface area contributed by atoms with Gasteiger partial charge in [0.05, 0.1) is 0 Å². The number of hydrogen-bond acceptors (Lipinski definition) is 6. The SMILES string of the molecule is CS(=O)(=O)c1nc(NCc2ccccc2)c2nccn2n1. The molecule has 1 aromatic carbocycles. The highest BCUT2D eigenvalue weighted by molar-refractivity contribution is 7.90. The summed E-state index contributed by atoms with van der Waals surface area (Å²) < 4.78 is 24.7. The maximum atomic E-state index is 11.6. The molecule has 1 N–H and O–H groups in total. The van der Waals surface area contributed by atoms with Crippen molar-refractivity contribution in [3.8, 4) is 0 Å². The Morgan fingerprint density at radius 1 is 1.24 bits per heavy atom. The van der Waals surface area contributed by atoms with E-state index in [0.717, 1.165) is 11.8 Å². The van der Waals surface area contributed by atoms with Crippen LogP contribution in [0.5, 0.6) is 0 Å². The smallest absolute Gasteiger partial charge is 0.267 e. The summed E-state index contributed by atoms with van der Waals surface area (Å²) in [6.45, 7) is 0.517. The molecule has 7 nitrogen and oxygen atoms in total. The quantitative estimate of drug-likeness (QED) is 0.777. The van der Waals surface area contributed by atoms with Gasteiger partial charge in [-0.3, -0.25) is 0 Å². The zero-order valence-electron chi connectivity index (χ0n) is 11.3. The van der Waals surface area contributed by atoms with Crippen LogP contribution in [-0.2, 0) is 16.4 Å². The average Bonchev–Trinajstić information content (AvgIpc) is 2.93. The monoisotopic (exact) mass is 303 g/mol. The number of rotatable bonds is 4. The molecule has 0 radical (unpaired) electrons. The van der Waals surface area contributed by atoms with E-state index in [2.05, 4.69) is 20.4 Å². The molecule has 0 saturated carbocycles. The highest BCUT2D eigenvalue weighted by Gasteiger charge is 2.16. The van der Waals surface area contributed by atoms with Gasteiger partial charge in [-0.25, -0.2) is 17.9 Å². The average molecular weight is 303 g/mol. The van der Waals surface area contributed by atoms with E-state index in [1.807, 2.05) is 30.3 Å². The van der Waals surface area contributed by atoms with Crippen molar-refractivity contribution in [3.63, 3.8) is 0 Å². The molecule has 0 bridgehead atoms. The maximum absolute atomic E-state index is 11.6. The first-order valence-corrected chi connectivity index (χ1v) is 8.12. The molecule has 0 aliphatic carbocycles. The molecule has 0 aliphatic heterocycles. The minimum atomic E-state index is -3.49. The second-order valence-electron chi connectivity index (χ2n) is 4.55. The molecule has 0 unspecified atom stereocenters. The van der Waals surface area contributed by atoms with Gasteiger partial charge in [0.2, 0.25) is 9.84 Å². The van der Waals surface area contributed by atoms with Gasteiger partial charge in [-0.1, -0.05) is 30.3 Å². The number of anilines is 1. The van der Waals surface area contributed by atoms with Crippen LogP contribution in [0, 0.1) is 0 Å². The van der Waals surface area contributed by atoms with Crippen molar-refractivity contribution in [2.75, 3.05) is 11.6 Å². The van der Waals surface area contributed by atoms with Crippen molar-refractivity contribution >= 4 is 21.3 Å². The first kappa shape index (κ1) is 13.5. The largest absolute Gasteiger partial charge is 0.363 e. The highest BCUT2D eigenvalue weighted by Crippen LogP contribution is 2.15. The molecule has 0 saturated heterocycles. The van der Waals surface area contributed by atoms with E-state index in [1.54, 1.807) is 12.4 Å². The highest BCUT2D eigenvalue weighted by atomic mass is 32.2. The summed E-state index contributed by atoms with van der Waals surface area (Å²) in [5.41, 5.74) is 1.54. The van der Waals surface area contributed by atoms with Crippen LogP contribution in [0.15, 0.2) is 47.9 Å². The summed E-state index contributed by atoms with van der Waals surface area (Å²) in [5, 5.41) is 6.81. The van der Waals surface area contributed by atoms with Crippen LogP contribution in [0.2, 0.25) is 0 Å². The van der Waals surface area contributed by atoms with Gasteiger partial charge in [-0.2, -0.15) is 4.98 Å². The van der Waals surface area contributed by atoms with Gasteiger partial charge >= 0.3 is 0 Å². The maximum Gasteiger partial charge on any atom is 0.267 e. The molecule has 0 amide bonds. The number of fused-ring (bicyclic) bond motifs is 1. The molecule has 0 spiro atoms. The lowest BCUT2D eigenvalue weighted by Gasteiger charge is -2.08. The first-order chi connectivity index (χ1) is 10.0. The number of benzene rings is 1. The molecule has 2 aromatic heterocycles. The van der Waals surface area contributed by atoms with E-state index in [9.17, 15) is 8.42 Å². The molecule has 108 valence electrons. The van der Waals surface area contributed by atoms with Crippen LogP contribution < -0.4 is 5.32 Å². The van der Waals surface area contributed by atoms with Crippen LogP contribution in [0.1, 0.15) is 5.56 Å². The molecule has 0 atom stereocenters. The zero-order valence-corrected chi connectivity index (χ0v) is 12.1. The number of aromatic nitrogens is 4. The van der Waals surface area contributed by atoms with Crippen molar-refractivity contribution in [2.24, 2.45) is 0 Å². The van der Waals surface area contributed by atoms with Gasteiger partial charge in [0.1, 0.15) is 0 Å². The van der Waals surface area contributed by atoms with Crippen molar-refractivity contribution in [1.29, 1.82) is 0 Å². The predicted molar refractivity (Wildman–Crippen MR) is 77.7 cm³/mol. The third-order valence-corrected chi connectivity index (χ3v) is 3.70. The van der Waals surface area contributed by atoms with Crippen molar-refractivity contribution in [2.45, 2.75) is 11.7 Å². The predicted octanol–water partition coefficient (Wildman–Crippen LogP) is 1.14. The van der Waals surface area contributed by atoms with E-state index in [4.69, 9.17) is 0 Å². The Kier molecular flexibility index (Phi) is 3.30. The van der Waals surface area contributed by atoms with Gasteiger partial charge in [0.25, 0.3) is 5.16 Å². The lowest BCUT2D eigenvalue weighted by atomic mass is 10.2. The van der Waals surface area contributed by atoms with Gasteiger partial charge in [-0.15, -0.1) is 5.10 Å². The second-order valence-corrected chi connectivity index (χ2v) is 6.46. The van der Waals surface area contributed by atoms with Crippen molar-refractivity contribution in [1.82, 2.24) is 19.6 Å². The number of imidazole rings is 1. The third kappa shape index (κ3) is 2.84. The summed E-state index contributed by atoms with van der Waals surface area (Å²) in [5.74, 6) is 0.388. The number of sulfone groups is 1. The topological polar surface area (TPSA) is 89.2 Å². The Morgan fingerprint density at radius 3 is 2.71 bits per heavy atom. The molecule has 0 fully saturated rings. The Hall–Kier alpha value is -2.48. The summed E-state index contributed by atoms with van der Waals surface area (Å²) in [7, 11) is -3.49. The van der Waals surface area contributed by atoms with Gasteiger partial charge < -0.3 is 5.32 Å². The van der Waals surface area contributed by atoms with Crippen LogP contribution in [0.3, 0.4) is 0 Å². The molecule has 2 heterocycles. The van der Waals surface area contributed by atoms with Crippen LogP contribution >= 0.6 is 0 Å². The molecular weight excluding hydrogens is 290 g/mol. The molecule has 3 rings (SSSR count). The zero-order chi connectivity index (χ0) is 14.9. The Balaban J connectivity index is 1.99. The molecule has 21 heavy (non-hydrogen) atoms. The van der Waals surface area contributed by atoms with Gasteiger partial charge in [0, 0.05) is 25.2 Å². The van der Waals surface area contributed by atoms with E-state index < -0.39 is 9.84 Å². The number of nitrogens with zero attached hydrogens (tertiary/aromatic N) is 4. The molecule has 3 aromatic rings. The second kappa shape index (κ2) is 5.13. The van der Waals surface area contributed by atoms with Crippen LogP contribution in [0.25, 0.3) is 5.65 Å². The summed E-state index contributed by atoms with van der Waals surface area (Å²) in [6, 6.07) is 9.74. The fraction of sp³-hybridized carbons (Fsp3) is 0.154. The lowest BCUT2D eigenvalue weighted by Crippen LogP contribution is -2.12. The van der Waals surface area contributed by atoms with Crippen molar-refractivity contribution < 1.29 is 8.42 Å². The van der Waals surface area contributed by atoms with E-state index >= 15 is 0 Å². The number of hydrogen-bond donors (Lipinski definition) is 1. The summed E-state index contributed by atoms with van der Waals surface area (Å²) in [4.78, 5) is 8.20. The van der Waals surface area contributed by atoms with E-state index in [0.29, 0.717) is 18.0 Å². The fourth-order valence-electron chi connectivity index (χ4n) is 1.86. The van der Waals surface area contributed by atoms with E-state index in [-0.39, 0.29) is 5.16 Å². The lowest BCUT2D eigenvalue weighted by molar-refractivity contribution is 0.587. The van der Waals surface area contributed by atoms with Gasteiger partial charge in [-0.05, 0) is 5.56 Å². The Labute approximate surface area is 121 Å². The van der Waals surface area contributed by atoms with E-state index in [1.165, 1.54) is 4.52 Å². The Morgan fingerprint density at radius 2 is 2.00 bits per heavy atom. The first-order valence-electron chi connectivity index (χ1n) is 6.23. The number of nitrogens with one attached hydrogen (secondary N) is 1. The minimum Gasteiger partial charge on any atom is -0.363 e. The molecule has 0 aliphatic rings.